The fourth-order valence-corrected chi connectivity index (χ4v) is 1.61. The summed E-state index contributed by atoms with van der Waals surface area (Å²) in [6.45, 7) is 5.87. The third kappa shape index (κ3) is 5.13. The van der Waals surface area contributed by atoms with Crippen molar-refractivity contribution >= 4 is 23.9 Å². The largest absolute Gasteiger partial charge is 0.475 e. The predicted molar refractivity (Wildman–Crippen MR) is 67.2 cm³/mol. The van der Waals surface area contributed by atoms with E-state index in [1.165, 1.54) is 0 Å². The molecule has 0 aliphatic carbocycles. The number of alkyl carbamates (subject to hydrolysis) is 1. The van der Waals surface area contributed by atoms with Crippen LogP contribution in [0.15, 0.2) is 5.38 Å². The Bertz CT molecular complexity index is 411. The first kappa shape index (κ1) is 14.4. The van der Waals surface area contributed by atoms with Gasteiger partial charge in [-0.05, 0) is 32.3 Å². The van der Waals surface area contributed by atoms with Crippen LogP contribution < -0.4 is 10.1 Å². The highest BCUT2D eigenvalue weighted by atomic mass is 32.1. The Morgan fingerprint density at radius 1 is 1.56 bits per heavy atom. The molecule has 0 atom stereocenters. The topological polar surface area (TPSA) is 77.5 Å². The molecule has 1 aromatic rings. The monoisotopic (exact) mass is 272 g/mol. The first-order valence-corrected chi connectivity index (χ1v) is 6.25. The summed E-state index contributed by atoms with van der Waals surface area (Å²) in [6.07, 6.45) is 0.181. The van der Waals surface area contributed by atoms with Gasteiger partial charge in [0, 0.05) is 5.38 Å². The standard InChI is InChI=1S/C11H16N2O4S/c1-11(2,3)17-10(15)12-4-5-16-9-8(6-14)7-18-13-9/h6-7H,4-5H2,1-3H3,(H,12,15). The molecular formula is C11H16N2O4S. The lowest BCUT2D eigenvalue weighted by atomic mass is 10.2. The minimum absolute atomic E-state index is 0.226. The van der Waals surface area contributed by atoms with Crippen LogP contribution in [-0.2, 0) is 4.74 Å². The number of rotatable bonds is 5. The second-order valence-corrected chi connectivity index (χ2v) is 5.10. The lowest BCUT2D eigenvalue weighted by molar-refractivity contribution is 0.0519. The molecule has 1 aromatic heterocycles. The van der Waals surface area contributed by atoms with Crippen molar-refractivity contribution in [1.82, 2.24) is 9.69 Å². The Balaban J connectivity index is 2.23. The zero-order valence-corrected chi connectivity index (χ0v) is 11.4. The Hall–Kier alpha value is -1.63. The van der Waals surface area contributed by atoms with E-state index in [9.17, 15) is 9.59 Å². The molecular weight excluding hydrogens is 256 g/mol. The van der Waals surface area contributed by atoms with E-state index < -0.39 is 11.7 Å². The number of ether oxygens (including phenoxy) is 2. The molecule has 18 heavy (non-hydrogen) atoms. The van der Waals surface area contributed by atoms with Gasteiger partial charge in [-0.15, -0.1) is 0 Å². The van der Waals surface area contributed by atoms with Crippen LogP contribution in [-0.4, -0.2) is 35.5 Å². The molecule has 0 bridgehead atoms. The molecule has 0 aromatic carbocycles. The van der Waals surface area contributed by atoms with Crippen LogP contribution in [0.2, 0.25) is 0 Å². The van der Waals surface area contributed by atoms with Crippen molar-refractivity contribution in [1.29, 1.82) is 0 Å². The lowest BCUT2D eigenvalue weighted by Gasteiger charge is -2.19. The summed E-state index contributed by atoms with van der Waals surface area (Å²) in [7, 11) is 0. The van der Waals surface area contributed by atoms with Crippen LogP contribution in [0.5, 0.6) is 5.88 Å². The molecule has 1 amide bonds. The fraction of sp³-hybridized carbons (Fsp3) is 0.545. The number of aromatic nitrogens is 1. The van der Waals surface area contributed by atoms with Crippen molar-refractivity contribution in [3.05, 3.63) is 10.9 Å². The number of carbonyl (C=O) groups excluding carboxylic acids is 2. The summed E-state index contributed by atoms with van der Waals surface area (Å²) < 4.78 is 14.2. The maximum absolute atomic E-state index is 11.3. The molecule has 0 aliphatic heterocycles. The Kier molecular flexibility index (Phi) is 5.08. The summed E-state index contributed by atoms with van der Waals surface area (Å²) >= 11 is 1.14. The number of carbonyl (C=O) groups is 2. The maximum atomic E-state index is 11.3. The number of amides is 1. The Labute approximate surface area is 109 Å². The van der Waals surface area contributed by atoms with Crippen LogP contribution in [0.1, 0.15) is 31.1 Å². The minimum atomic E-state index is -0.523. The summed E-state index contributed by atoms with van der Waals surface area (Å²) in [4.78, 5) is 21.9. The van der Waals surface area contributed by atoms with Gasteiger partial charge in [0.2, 0.25) is 5.88 Å². The number of hydrogen-bond acceptors (Lipinski definition) is 6. The van der Waals surface area contributed by atoms with Gasteiger partial charge in [-0.25, -0.2) is 4.79 Å². The zero-order chi connectivity index (χ0) is 13.6. The quantitative estimate of drug-likeness (QED) is 0.654. The van der Waals surface area contributed by atoms with E-state index in [4.69, 9.17) is 9.47 Å². The van der Waals surface area contributed by atoms with E-state index in [0.717, 1.165) is 11.5 Å². The Morgan fingerprint density at radius 2 is 2.28 bits per heavy atom. The van der Waals surface area contributed by atoms with Crippen LogP contribution in [0.4, 0.5) is 4.79 Å². The van der Waals surface area contributed by atoms with Crippen molar-refractivity contribution in [3.63, 3.8) is 0 Å². The predicted octanol–water partition coefficient (Wildman–Crippen LogP) is 1.86. The number of nitrogens with one attached hydrogen (secondary N) is 1. The molecule has 0 saturated heterocycles. The number of nitrogens with zero attached hydrogens (tertiary/aromatic N) is 1. The van der Waals surface area contributed by atoms with E-state index in [1.54, 1.807) is 26.2 Å². The smallest absolute Gasteiger partial charge is 0.407 e. The summed E-state index contributed by atoms with van der Waals surface area (Å²) in [5.41, 5.74) is -0.109. The third-order valence-electron chi connectivity index (χ3n) is 1.70. The molecule has 0 aliphatic rings. The average Bonchev–Trinajstić information content (AvgIpc) is 2.69. The maximum Gasteiger partial charge on any atom is 0.407 e. The van der Waals surface area contributed by atoms with Gasteiger partial charge in [-0.3, -0.25) is 4.79 Å². The van der Waals surface area contributed by atoms with E-state index in [1.807, 2.05) is 0 Å². The van der Waals surface area contributed by atoms with Gasteiger partial charge in [0.25, 0.3) is 0 Å². The molecule has 0 unspecified atom stereocenters. The number of hydrogen-bond donors (Lipinski definition) is 1. The summed E-state index contributed by atoms with van der Waals surface area (Å²) in [5.74, 6) is 0.293. The van der Waals surface area contributed by atoms with Gasteiger partial charge in [0.1, 0.15) is 12.2 Å². The van der Waals surface area contributed by atoms with Crippen LogP contribution in [0.25, 0.3) is 0 Å². The van der Waals surface area contributed by atoms with Crippen molar-refractivity contribution in [2.45, 2.75) is 26.4 Å². The third-order valence-corrected chi connectivity index (χ3v) is 2.33. The first-order valence-electron chi connectivity index (χ1n) is 5.41. The highest BCUT2D eigenvalue weighted by Gasteiger charge is 2.15. The van der Waals surface area contributed by atoms with Gasteiger partial charge >= 0.3 is 6.09 Å². The van der Waals surface area contributed by atoms with Gasteiger partial charge < -0.3 is 14.8 Å². The van der Waals surface area contributed by atoms with Crippen molar-refractivity contribution < 1.29 is 19.1 Å². The molecule has 0 spiro atoms. The second-order valence-electron chi connectivity index (χ2n) is 4.47. The van der Waals surface area contributed by atoms with Crippen LogP contribution >= 0.6 is 11.5 Å². The Morgan fingerprint density at radius 3 is 2.89 bits per heavy atom. The normalized spacial score (nSPS) is 10.8. The van der Waals surface area contributed by atoms with Gasteiger partial charge in [-0.2, -0.15) is 4.37 Å². The zero-order valence-electron chi connectivity index (χ0n) is 10.6. The lowest BCUT2D eigenvalue weighted by Crippen LogP contribution is -2.34. The van der Waals surface area contributed by atoms with E-state index in [2.05, 4.69) is 9.69 Å². The molecule has 1 heterocycles. The van der Waals surface area contributed by atoms with E-state index in [-0.39, 0.29) is 13.2 Å². The molecule has 1 rings (SSSR count). The van der Waals surface area contributed by atoms with Crippen molar-refractivity contribution in [2.24, 2.45) is 0 Å². The highest BCUT2D eigenvalue weighted by Crippen LogP contribution is 2.16. The van der Waals surface area contributed by atoms with Gasteiger partial charge in [0.05, 0.1) is 12.1 Å². The molecule has 7 heteroatoms. The van der Waals surface area contributed by atoms with Crippen LogP contribution in [0.3, 0.4) is 0 Å². The summed E-state index contributed by atoms with van der Waals surface area (Å²) in [6, 6.07) is 0. The molecule has 100 valence electrons. The van der Waals surface area contributed by atoms with Crippen molar-refractivity contribution in [2.75, 3.05) is 13.2 Å². The molecule has 0 radical (unpaired) electrons. The summed E-state index contributed by atoms with van der Waals surface area (Å²) in [5, 5.41) is 4.14. The van der Waals surface area contributed by atoms with Crippen molar-refractivity contribution in [3.8, 4) is 5.88 Å². The number of aldehydes is 1. The van der Waals surface area contributed by atoms with E-state index in [0.29, 0.717) is 17.7 Å². The van der Waals surface area contributed by atoms with Gasteiger partial charge in [0.15, 0.2) is 6.29 Å². The average molecular weight is 272 g/mol. The SMILES string of the molecule is CC(C)(C)OC(=O)NCCOc1nscc1C=O. The van der Waals surface area contributed by atoms with E-state index >= 15 is 0 Å². The molecule has 1 N–H and O–H groups in total. The molecule has 0 saturated carbocycles. The molecule has 6 nitrogen and oxygen atoms in total. The van der Waals surface area contributed by atoms with Crippen LogP contribution in [0, 0.1) is 0 Å². The molecule has 0 fully saturated rings. The minimum Gasteiger partial charge on any atom is -0.475 e. The fourth-order valence-electron chi connectivity index (χ4n) is 1.04. The first-order chi connectivity index (χ1) is 8.42. The second kappa shape index (κ2) is 6.34. The van der Waals surface area contributed by atoms with Gasteiger partial charge in [-0.1, -0.05) is 0 Å². The highest BCUT2D eigenvalue weighted by molar-refractivity contribution is 7.04.